The maximum Gasteiger partial charge on any atom is 0.423 e. The summed E-state index contributed by atoms with van der Waals surface area (Å²) in [7, 11) is 0. The van der Waals surface area contributed by atoms with E-state index in [1.807, 2.05) is 5.32 Å². The van der Waals surface area contributed by atoms with Crippen LogP contribution in [0.4, 0.5) is 17.6 Å². The molecule has 1 atom stereocenters. The average Bonchev–Trinajstić information content (AvgIpc) is 2.56. The highest BCUT2D eigenvalue weighted by Gasteiger charge is 2.55. The van der Waals surface area contributed by atoms with Crippen LogP contribution in [0.1, 0.15) is 11.1 Å². The lowest BCUT2D eigenvalue weighted by molar-refractivity contribution is -0.264. The summed E-state index contributed by atoms with van der Waals surface area (Å²) in [6.07, 6.45) is -5.56. The van der Waals surface area contributed by atoms with E-state index >= 15 is 0 Å². The van der Waals surface area contributed by atoms with E-state index in [0.717, 1.165) is 18.2 Å². The summed E-state index contributed by atoms with van der Waals surface area (Å²) < 4.78 is 53.6. The van der Waals surface area contributed by atoms with Gasteiger partial charge >= 0.3 is 6.18 Å². The number of alkyl halides is 3. The molecule has 0 saturated carbocycles. The molecule has 25 heavy (non-hydrogen) atoms. The zero-order chi connectivity index (χ0) is 18.7. The monoisotopic (exact) mass is 375 g/mol. The van der Waals surface area contributed by atoms with Gasteiger partial charge in [0, 0.05) is 10.6 Å². The molecule has 2 N–H and O–H groups in total. The van der Waals surface area contributed by atoms with Crippen LogP contribution in [0.2, 0.25) is 5.02 Å². The number of hydrogen-bond acceptors (Lipinski definition) is 2. The first-order chi connectivity index (χ1) is 11.6. The Kier molecular flexibility index (Phi) is 5.69. The number of halogens is 5. The molecule has 0 spiro atoms. The first-order valence-electron chi connectivity index (χ1n) is 7.19. The Hall–Kier alpha value is -2.12. The van der Waals surface area contributed by atoms with Crippen molar-refractivity contribution in [3.05, 3.63) is 70.5 Å². The van der Waals surface area contributed by atoms with Crippen LogP contribution in [-0.2, 0) is 16.8 Å². The molecule has 0 aliphatic carbocycles. The Morgan fingerprint density at radius 2 is 1.72 bits per heavy atom. The van der Waals surface area contributed by atoms with Crippen molar-refractivity contribution >= 4 is 17.5 Å². The molecule has 134 valence electrons. The molecule has 0 aromatic heterocycles. The van der Waals surface area contributed by atoms with Gasteiger partial charge in [-0.2, -0.15) is 13.2 Å². The van der Waals surface area contributed by atoms with Crippen molar-refractivity contribution in [1.29, 1.82) is 0 Å². The molecule has 0 saturated heterocycles. The lowest BCUT2D eigenvalue weighted by Gasteiger charge is -2.31. The molecule has 0 fully saturated rings. The molecule has 2 aromatic rings. The van der Waals surface area contributed by atoms with Gasteiger partial charge in [0.2, 0.25) is 11.5 Å². The standard InChI is InChI=1S/C17H14ClF4NO2/c18-13-7-4-8-14(19)12(13)9-15(24)23-10-16(25,17(20,21)22)11-5-2-1-3-6-11/h1-8,25H,9-10H2,(H,23,24)/t16-/m0/s1. The normalized spacial score (nSPS) is 14.0. The number of benzene rings is 2. The zero-order valence-corrected chi connectivity index (χ0v) is 13.5. The van der Waals surface area contributed by atoms with Gasteiger partial charge in [-0.3, -0.25) is 4.79 Å². The topological polar surface area (TPSA) is 49.3 Å². The summed E-state index contributed by atoms with van der Waals surface area (Å²) in [4.78, 5) is 11.9. The molecule has 3 nitrogen and oxygen atoms in total. The second-order valence-corrected chi connectivity index (χ2v) is 5.78. The minimum absolute atomic E-state index is 0.00991. The van der Waals surface area contributed by atoms with Crippen LogP contribution in [-0.4, -0.2) is 23.7 Å². The molecule has 0 bridgehead atoms. The zero-order valence-electron chi connectivity index (χ0n) is 12.8. The second-order valence-electron chi connectivity index (χ2n) is 5.38. The second kappa shape index (κ2) is 7.41. The van der Waals surface area contributed by atoms with Gasteiger partial charge in [0.1, 0.15) is 5.82 Å². The molecule has 2 rings (SSSR count). The van der Waals surface area contributed by atoms with Gasteiger partial charge in [-0.05, 0) is 17.7 Å². The predicted molar refractivity (Wildman–Crippen MR) is 84.5 cm³/mol. The maximum atomic E-state index is 13.6. The highest BCUT2D eigenvalue weighted by molar-refractivity contribution is 6.31. The number of carbonyl (C=O) groups excluding carboxylic acids is 1. The van der Waals surface area contributed by atoms with Crippen molar-refractivity contribution < 1.29 is 27.5 Å². The number of rotatable bonds is 5. The summed E-state index contributed by atoms with van der Waals surface area (Å²) in [5.41, 5.74) is -3.80. The van der Waals surface area contributed by atoms with E-state index < -0.39 is 42.0 Å². The van der Waals surface area contributed by atoms with Gasteiger partial charge in [0.05, 0.1) is 13.0 Å². The van der Waals surface area contributed by atoms with Crippen LogP contribution >= 0.6 is 11.6 Å². The summed E-state index contributed by atoms with van der Waals surface area (Å²) in [6, 6.07) is 10.2. The van der Waals surface area contributed by atoms with Gasteiger partial charge < -0.3 is 10.4 Å². The summed E-state index contributed by atoms with van der Waals surface area (Å²) in [6.45, 7) is -1.11. The van der Waals surface area contributed by atoms with Crippen molar-refractivity contribution in [2.75, 3.05) is 6.54 Å². The van der Waals surface area contributed by atoms with Crippen molar-refractivity contribution in [3.63, 3.8) is 0 Å². The van der Waals surface area contributed by atoms with Crippen LogP contribution in [0.3, 0.4) is 0 Å². The largest absolute Gasteiger partial charge is 0.423 e. The minimum atomic E-state index is -5.02. The molecule has 2 aromatic carbocycles. The number of aliphatic hydroxyl groups is 1. The number of hydrogen-bond donors (Lipinski definition) is 2. The fourth-order valence-corrected chi connectivity index (χ4v) is 2.46. The summed E-state index contributed by atoms with van der Waals surface area (Å²) >= 11 is 5.78. The highest BCUT2D eigenvalue weighted by Crippen LogP contribution is 2.38. The van der Waals surface area contributed by atoms with Gasteiger partial charge in [-0.25, -0.2) is 4.39 Å². The van der Waals surface area contributed by atoms with Crippen LogP contribution in [0, 0.1) is 5.82 Å². The average molecular weight is 376 g/mol. The Bertz CT molecular complexity index is 732. The van der Waals surface area contributed by atoms with E-state index in [0.29, 0.717) is 0 Å². The molecular weight excluding hydrogens is 362 g/mol. The number of amides is 1. The maximum absolute atomic E-state index is 13.6. The van der Waals surface area contributed by atoms with Gasteiger partial charge in [0.25, 0.3) is 0 Å². The third-order valence-corrected chi connectivity index (χ3v) is 4.01. The van der Waals surface area contributed by atoms with Crippen molar-refractivity contribution in [1.82, 2.24) is 5.32 Å². The number of nitrogens with one attached hydrogen (secondary N) is 1. The molecule has 0 radical (unpaired) electrons. The third-order valence-electron chi connectivity index (χ3n) is 3.66. The van der Waals surface area contributed by atoms with Gasteiger partial charge in [0.15, 0.2) is 0 Å². The predicted octanol–water partition coefficient (Wildman–Crippen LogP) is 3.59. The Morgan fingerprint density at radius 1 is 1.08 bits per heavy atom. The molecule has 8 heteroatoms. The van der Waals surface area contributed by atoms with E-state index in [1.54, 1.807) is 0 Å². The molecule has 1 amide bonds. The summed E-state index contributed by atoms with van der Waals surface area (Å²) in [5.74, 6) is -1.64. The van der Waals surface area contributed by atoms with E-state index in [4.69, 9.17) is 11.6 Å². The minimum Gasteiger partial charge on any atom is -0.375 e. The molecule has 0 aliphatic heterocycles. The van der Waals surface area contributed by atoms with Crippen LogP contribution in [0.5, 0.6) is 0 Å². The smallest absolute Gasteiger partial charge is 0.375 e. The first kappa shape index (κ1) is 19.2. The van der Waals surface area contributed by atoms with E-state index in [-0.39, 0.29) is 10.6 Å². The SMILES string of the molecule is O=C(Cc1c(F)cccc1Cl)NC[C@](O)(c1ccccc1)C(F)(F)F. The van der Waals surface area contributed by atoms with Crippen molar-refractivity contribution in [2.45, 2.75) is 18.2 Å². The lowest BCUT2D eigenvalue weighted by Crippen LogP contribution is -2.51. The van der Waals surface area contributed by atoms with E-state index in [1.165, 1.54) is 30.3 Å². The van der Waals surface area contributed by atoms with Gasteiger partial charge in [-0.15, -0.1) is 0 Å². The fraction of sp³-hybridized carbons (Fsp3) is 0.235. The molecule has 0 aliphatic rings. The lowest BCUT2D eigenvalue weighted by atomic mass is 9.93. The van der Waals surface area contributed by atoms with Crippen LogP contribution < -0.4 is 5.32 Å². The van der Waals surface area contributed by atoms with E-state index in [9.17, 15) is 27.5 Å². The first-order valence-corrected chi connectivity index (χ1v) is 7.57. The quantitative estimate of drug-likeness (QED) is 0.785. The third kappa shape index (κ3) is 4.29. The Balaban J connectivity index is 2.15. The van der Waals surface area contributed by atoms with Crippen molar-refractivity contribution in [2.24, 2.45) is 0 Å². The van der Waals surface area contributed by atoms with Crippen LogP contribution in [0.15, 0.2) is 48.5 Å². The van der Waals surface area contributed by atoms with E-state index in [2.05, 4.69) is 0 Å². The molecule has 0 heterocycles. The molecule has 0 unspecified atom stereocenters. The fourth-order valence-electron chi connectivity index (χ4n) is 2.23. The Labute approximate surface area is 146 Å². The van der Waals surface area contributed by atoms with Crippen LogP contribution in [0.25, 0.3) is 0 Å². The van der Waals surface area contributed by atoms with Gasteiger partial charge in [-0.1, -0.05) is 48.0 Å². The van der Waals surface area contributed by atoms with Crippen molar-refractivity contribution in [3.8, 4) is 0 Å². The number of carbonyl (C=O) groups is 1. The summed E-state index contributed by atoms with van der Waals surface area (Å²) in [5, 5.41) is 12.1. The highest BCUT2D eigenvalue weighted by atomic mass is 35.5. The Morgan fingerprint density at radius 3 is 2.28 bits per heavy atom. The molecular formula is C17H14ClF4NO2.